The van der Waals surface area contributed by atoms with Gasteiger partial charge in [0.15, 0.2) is 0 Å². The Hall–Kier alpha value is -2.05. The van der Waals surface area contributed by atoms with Crippen molar-refractivity contribution in [1.29, 1.82) is 0 Å². The largest absolute Gasteiger partial charge is 0.480 e. The van der Waals surface area contributed by atoms with Crippen LogP contribution in [-0.4, -0.2) is 23.5 Å². The number of carboxylic acid groups (broad SMARTS) is 1. The van der Waals surface area contributed by atoms with Crippen LogP contribution in [0, 0.1) is 0 Å². The van der Waals surface area contributed by atoms with E-state index in [1.807, 2.05) is 0 Å². The molecule has 0 bridgehead atoms. The van der Waals surface area contributed by atoms with Crippen molar-refractivity contribution in [1.82, 2.24) is 5.32 Å². The molecule has 1 aliphatic carbocycles. The predicted molar refractivity (Wildman–Crippen MR) is 63.0 cm³/mol. The molecule has 108 valence electrons. The van der Waals surface area contributed by atoms with Crippen LogP contribution in [0.4, 0.5) is 13.2 Å². The highest BCUT2D eigenvalue weighted by molar-refractivity contribution is 5.93. The molecule has 0 saturated heterocycles. The minimum atomic E-state index is -4.47. The molecule has 0 aliphatic heterocycles. The number of nitrogens with one attached hydrogen (secondary N) is 1. The molecule has 7 heteroatoms. The van der Waals surface area contributed by atoms with Gasteiger partial charge < -0.3 is 10.4 Å². The molecule has 4 nitrogen and oxygen atoms in total. The molecule has 20 heavy (non-hydrogen) atoms. The van der Waals surface area contributed by atoms with E-state index in [9.17, 15) is 22.8 Å². The van der Waals surface area contributed by atoms with Crippen molar-refractivity contribution in [3.63, 3.8) is 0 Å². The van der Waals surface area contributed by atoms with Gasteiger partial charge in [-0.2, -0.15) is 13.2 Å². The zero-order chi connectivity index (χ0) is 15.0. The molecule has 0 atom stereocenters. The van der Waals surface area contributed by atoms with Gasteiger partial charge in [0.25, 0.3) is 0 Å². The standard InChI is InChI=1S/C13H12F3NO3/c14-13(15,16)9-3-1-2-8(6-9)12(4-5-12)11(20)17-7-10(18)19/h1-3,6H,4-5,7H2,(H,17,20)(H,18,19). The summed E-state index contributed by atoms with van der Waals surface area (Å²) in [5.41, 5.74) is -1.56. The van der Waals surface area contributed by atoms with E-state index in [4.69, 9.17) is 5.11 Å². The Labute approximate surface area is 112 Å². The lowest BCUT2D eigenvalue weighted by atomic mass is 9.93. The van der Waals surface area contributed by atoms with E-state index < -0.39 is 35.6 Å². The van der Waals surface area contributed by atoms with E-state index in [-0.39, 0.29) is 5.56 Å². The Morgan fingerprint density at radius 3 is 2.45 bits per heavy atom. The molecule has 2 N–H and O–H groups in total. The number of carbonyl (C=O) groups is 2. The van der Waals surface area contributed by atoms with Gasteiger partial charge >= 0.3 is 12.1 Å². The maximum atomic E-state index is 12.7. The van der Waals surface area contributed by atoms with Gasteiger partial charge in [0, 0.05) is 0 Å². The molecule has 2 rings (SSSR count). The lowest BCUT2D eigenvalue weighted by Crippen LogP contribution is -2.37. The van der Waals surface area contributed by atoms with E-state index >= 15 is 0 Å². The van der Waals surface area contributed by atoms with Crippen molar-refractivity contribution in [3.8, 4) is 0 Å². The Morgan fingerprint density at radius 2 is 1.95 bits per heavy atom. The second-order valence-electron chi connectivity index (χ2n) is 4.74. The Morgan fingerprint density at radius 1 is 1.30 bits per heavy atom. The Bertz CT molecular complexity index is 550. The topological polar surface area (TPSA) is 66.4 Å². The van der Waals surface area contributed by atoms with Crippen LogP contribution in [0.25, 0.3) is 0 Å². The lowest BCUT2D eigenvalue weighted by molar-refractivity contribution is -0.138. The molecule has 1 aliphatic rings. The first-order valence-electron chi connectivity index (χ1n) is 5.93. The number of benzene rings is 1. The molecular weight excluding hydrogens is 275 g/mol. The summed E-state index contributed by atoms with van der Waals surface area (Å²) in [4.78, 5) is 22.3. The van der Waals surface area contributed by atoms with Crippen LogP contribution in [0.5, 0.6) is 0 Å². The van der Waals surface area contributed by atoms with Gasteiger partial charge in [-0.15, -0.1) is 0 Å². The van der Waals surface area contributed by atoms with Gasteiger partial charge in [-0.25, -0.2) is 0 Å². The summed E-state index contributed by atoms with van der Waals surface area (Å²) in [7, 11) is 0. The molecule has 1 aromatic carbocycles. The number of alkyl halides is 3. The summed E-state index contributed by atoms with van der Waals surface area (Å²) < 4.78 is 38.0. The summed E-state index contributed by atoms with van der Waals surface area (Å²) >= 11 is 0. The second kappa shape index (κ2) is 4.81. The third-order valence-corrected chi connectivity index (χ3v) is 3.33. The van der Waals surface area contributed by atoms with E-state index in [1.165, 1.54) is 12.1 Å². The van der Waals surface area contributed by atoms with Crippen LogP contribution in [-0.2, 0) is 21.2 Å². The average Bonchev–Trinajstić information content (AvgIpc) is 3.16. The molecule has 0 heterocycles. The smallest absolute Gasteiger partial charge is 0.416 e. The van der Waals surface area contributed by atoms with Crippen molar-refractivity contribution in [2.24, 2.45) is 0 Å². The predicted octanol–water partition coefficient (Wildman–Crippen LogP) is 1.94. The Balaban J connectivity index is 2.22. The fourth-order valence-corrected chi connectivity index (χ4v) is 2.09. The van der Waals surface area contributed by atoms with E-state index in [2.05, 4.69) is 5.32 Å². The molecular formula is C13H12F3NO3. The van der Waals surface area contributed by atoms with Gasteiger partial charge in [0.2, 0.25) is 5.91 Å². The first-order chi connectivity index (χ1) is 9.25. The first kappa shape index (κ1) is 14.4. The minimum absolute atomic E-state index is 0.273. The van der Waals surface area contributed by atoms with Gasteiger partial charge in [-0.3, -0.25) is 9.59 Å². The van der Waals surface area contributed by atoms with E-state index in [0.29, 0.717) is 12.8 Å². The molecule has 1 amide bonds. The Kier molecular flexibility index (Phi) is 3.45. The normalized spacial score (nSPS) is 16.6. The third-order valence-electron chi connectivity index (χ3n) is 3.33. The van der Waals surface area contributed by atoms with Crippen LogP contribution in [0.2, 0.25) is 0 Å². The highest BCUT2D eigenvalue weighted by atomic mass is 19.4. The van der Waals surface area contributed by atoms with Crippen molar-refractivity contribution in [2.75, 3.05) is 6.54 Å². The third kappa shape index (κ3) is 2.76. The van der Waals surface area contributed by atoms with Crippen LogP contribution in [0.3, 0.4) is 0 Å². The first-order valence-corrected chi connectivity index (χ1v) is 5.93. The van der Waals surface area contributed by atoms with Crippen molar-refractivity contribution < 1.29 is 27.9 Å². The van der Waals surface area contributed by atoms with Gasteiger partial charge in [-0.05, 0) is 24.5 Å². The fourth-order valence-electron chi connectivity index (χ4n) is 2.09. The number of carbonyl (C=O) groups excluding carboxylic acids is 1. The number of hydrogen-bond acceptors (Lipinski definition) is 2. The summed E-state index contributed by atoms with van der Waals surface area (Å²) in [6.07, 6.45) is -3.64. The van der Waals surface area contributed by atoms with Crippen LogP contribution >= 0.6 is 0 Å². The summed E-state index contributed by atoms with van der Waals surface area (Å²) in [5.74, 6) is -1.74. The van der Waals surface area contributed by atoms with Gasteiger partial charge in [-0.1, -0.05) is 18.2 Å². The summed E-state index contributed by atoms with van der Waals surface area (Å²) in [6, 6.07) is 4.60. The van der Waals surface area contributed by atoms with Gasteiger partial charge in [0.05, 0.1) is 11.0 Å². The molecule has 1 aromatic rings. The molecule has 0 unspecified atom stereocenters. The number of rotatable bonds is 4. The van der Waals surface area contributed by atoms with Gasteiger partial charge in [0.1, 0.15) is 6.54 Å². The van der Waals surface area contributed by atoms with Crippen LogP contribution < -0.4 is 5.32 Å². The monoisotopic (exact) mass is 287 g/mol. The maximum absolute atomic E-state index is 12.7. The fraction of sp³-hybridized carbons (Fsp3) is 0.385. The molecule has 1 fully saturated rings. The van der Waals surface area contributed by atoms with Crippen molar-refractivity contribution in [2.45, 2.75) is 24.4 Å². The van der Waals surface area contributed by atoms with Crippen LogP contribution in [0.15, 0.2) is 24.3 Å². The van der Waals surface area contributed by atoms with Crippen molar-refractivity contribution in [3.05, 3.63) is 35.4 Å². The number of aliphatic carboxylic acids is 1. The number of hydrogen-bond donors (Lipinski definition) is 2. The second-order valence-corrected chi connectivity index (χ2v) is 4.74. The summed E-state index contributed by atoms with van der Waals surface area (Å²) in [5, 5.41) is 10.7. The van der Waals surface area contributed by atoms with Crippen molar-refractivity contribution >= 4 is 11.9 Å². The zero-order valence-corrected chi connectivity index (χ0v) is 10.3. The van der Waals surface area contributed by atoms with E-state index in [1.54, 1.807) is 0 Å². The highest BCUT2D eigenvalue weighted by Crippen LogP contribution is 2.49. The van der Waals surface area contributed by atoms with E-state index in [0.717, 1.165) is 12.1 Å². The summed E-state index contributed by atoms with van der Waals surface area (Å²) in [6.45, 7) is -0.542. The number of carboxylic acids is 1. The number of halogens is 3. The average molecular weight is 287 g/mol. The minimum Gasteiger partial charge on any atom is -0.480 e. The quantitative estimate of drug-likeness (QED) is 0.889. The SMILES string of the molecule is O=C(O)CNC(=O)C1(c2cccc(C(F)(F)F)c2)CC1. The zero-order valence-electron chi connectivity index (χ0n) is 10.3. The number of amides is 1. The van der Waals surface area contributed by atoms with Crippen LogP contribution in [0.1, 0.15) is 24.0 Å². The lowest BCUT2D eigenvalue weighted by Gasteiger charge is -2.16. The molecule has 0 aromatic heterocycles. The maximum Gasteiger partial charge on any atom is 0.416 e. The molecule has 1 saturated carbocycles. The highest BCUT2D eigenvalue weighted by Gasteiger charge is 2.51. The molecule has 0 spiro atoms. The molecule has 0 radical (unpaired) electrons.